The highest BCUT2D eigenvalue weighted by Crippen LogP contribution is 2.26. The Morgan fingerprint density at radius 2 is 2.36 bits per heavy atom. The van der Waals surface area contributed by atoms with Crippen LogP contribution in [0.3, 0.4) is 0 Å². The fourth-order valence-electron chi connectivity index (χ4n) is 1.68. The molecule has 11 heavy (non-hydrogen) atoms. The first-order chi connectivity index (χ1) is 5.14. The van der Waals surface area contributed by atoms with Gasteiger partial charge in [-0.25, -0.2) is 0 Å². The van der Waals surface area contributed by atoms with E-state index in [0.717, 1.165) is 6.54 Å². The summed E-state index contributed by atoms with van der Waals surface area (Å²) in [5.41, 5.74) is 0.103. The zero-order valence-corrected chi connectivity index (χ0v) is 7.60. The minimum absolute atomic E-state index is 0.103. The van der Waals surface area contributed by atoms with E-state index in [4.69, 9.17) is 4.74 Å². The van der Waals surface area contributed by atoms with Crippen LogP contribution < -0.4 is 5.32 Å². The molecule has 0 aromatic rings. The van der Waals surface area contributed by atoms with E-state index >= 15 is 0 Å². The van der Waals surface area contributed by atoms with Crippen LogP contribution in [0.2, 0.25) is 0 Å². The van der Waals surface area contributed by atoms with Crippen molar-refractivity contribution in [2.24, 2.45) is 0 Å². The molecule has 1 heterocycles. The van der Waals surface area contributed by atoms with Crippen LogP contribution in [0, 0.1) is 7.05 Å². The van der Waals surface area contributed by atoms with Crippen molar-refractivity contribution in [2.75, 3.05) is 6.54 Å². The van der Waals surface area contributed by atoms with Gasteiger partial charge in [-0.1, -0.05) is 0 Å². The summed E-state index contributed by atoms with van der Waals surface area (Å²) in [6.07, 6.45) is 4.12. The molecule has 0 aliphatic carbocycles. The van der Waals surface area contributed by atoms with E-state index in [1.54, 1.807) is 0 Å². The Bertz CT molecular complexity index is 121. The van der Waals surface area contributed by atoms with Gasteiger partial charge in [-0.05, 0) is 33.1 Å². The topological polar surface area (TPSA) is 25.8 Å². The van der Waals surface area contributed by atoms with Crippen LogP contribution in [0.4, 0.5) is 0 Å². The first-order valence-corrected chi connectivity index (χ1v) is 4.43. The van der Waals surface area contributed by atoms with Crippen molar-refractivity contribution in [1.82, 2.24) is 0 Å². The maximum absolute atomic E-state index is 5.84. The quantitative estimate of drug-likeness (QED) is 0.586. The summed E-state index contributed by atoms with van der Waals surface area (Å²) in [5, 5.41) is 1.95. The standard InChI is InChI=1S/C9H19NO/c1-9(2)6-4-5-8(11-9)7-10-3/h8H,3-7,10H2,1-2H3. The maximum Gasteiger partial charge on any atom is 0.105 e. The molecule has 0 bridgehead atoms. The van der Waals surface area contributed by atoms with Gasteiger partial charge < -0.3 is 10.1 Å². The van der Waals surface area contributed by atoms with Gasteiger partial charge in [0.2, 0.25) is 0 Å². The van der Waals surface area contributed by atoms with Crippen LogP contribution in [0.5, 0.6) is 0 Å². The molecule has 2 nitrogen and oxygen atoms in total. The van der Waals surface area contributed by atoms with Gasteiger partial charge in [-0.2, -0.15) is 7.05 Å². The van der Waals surface area contributed by atoms with Gasteiger partial charge in [-0.15, -0.1) is 0 Å². The fraction of sp³-hybridized carbons (Fsp3) is 0.889. The van der Waals surface area contributed by atoms with E-state index in [2.05, 4.69) is 20.9 Å². The molecule has 1 rings (SSSR count). The third-order valence-corrected chi connectivity index (χ3v) is 2.22. The highest BCUT2D eigenvalue weighted by atomic mass is 16.5. The zero-order valence-electron chi connectivity index (χ0n) is 7.60. The summed E-state index contributed by atoms with van der Waals surface area (Å²) in [7, 11) is 3.72. The summed E-state index contributed by atoms with van der Waals surface area (Å²) in [6, 6.07) is 0. The number of ether oxygens (including phenoxy) is 1. The van der Waals surface area contributed by atoms with Crippen molar-refractivity contribution in [2.45, 2.75) is 44.8 Å². The van der Waals surface area contributed by atoms with Crippen LogP contribution in [-0.4, -0.2) is 18.2 Å². The largest absolute Gasteiger partial charge is 0.477 e. The molecule has 0 amide bonds. The third kappa shape index (κ3) is 2.80. The molecule has 0 aromatic carbocycles. The Labute approximate surface area is 69.3 Å². The van der Waals surface area contributed by atoms with Crippen LogP contribution in [0.1, 0.15) is 33.1 Å². The van der Waals surface area contributed by atoms with E-state index in [0.29, 0.717) is 6.10 Å². The van der Waals surface area contributed by atoms with Gasteiger partial charge in [0.05, 0.1) is 12.1 Å². The lowest BCUT2D eigenvalue weighted by Crippen LogP contribution is -2.80. The Balaban J connectivity index is 2.34. The van der Waals surface area contributed by atoms with Crippen molar-refractivity contribution in [3.63, 3.8) is 0 Å². The van der Waals surface area contributed by atoms with Crippen molar-refractivity contribution in [1.29, 1.82) is 0 Å². The molecule has 1 aliphatic rings. The van der Waals surface area contributed by atoms with E-state index in [-0.39, 0.29) is 5.60 Å². The van der Waals surface area contributed by atoms with E-state index < -0.39 is 0 Å². The highest BCUT2D eigenvalue weighted by molar-refractivity contribution is 4.77. The lowest BCUT2D eigenvalue weighted by molar-refractivity contribution is -0.605. The first kappa shape index (κ1) is 9.01. The van der Waals surface area contributed by atoms with Gasteiger partial charge >= 0.3 is 0 Å². The molecule has 2 N–H and O–H groups in total. The average molecular weight is 157 g/mol. The Hall–Kier alpha value is -0.0800. The second kappa shape index (κ2) is 3.55. The predicted molar refractivity (Wildman–Crippen MR) is 45.0 cm³/mol. The average Bonchev–Trinajstić information content (AvgIpc) is 1.85. The van der Waals surface area contributed by atoms with Crippen LogP contribution in [-0.2, 0) is 4.74 Å². The monoisotopic (exact) mass is 157 g/mol. The van der Waals surface area contributed by atoms with Gasteiger partial charge in [-0.3, -0.25) is 0 Å². The highest BCUT2D eigenvalue weighted by Gasteiger charge is 2.28. The Morgan fingerprint density at radius 3 is 2.91 bits per heavy atom. The summed E-state index contributed by atoms with van der Waals surface area (Å²) < 4.78 is 5.84. The molecule has 0 radical (unpaired) electrons. The van der Waals surface area contributed by atoms with Crippen molar-refractivity contribution in [3.8, 4) is 0 Å². The third-order valence-electron chi connectivity index (χ3n) is 2.22. The molecular weight excluding hydrogens is 138 g/mol. The Kier molecular flexibility index (Phi) is 2.90. The SMILES string of the molecule is [CH2-][NH2+]CC1CCCC(C)(C)O1. The molecule has 1 unspecified atom stereocenters. The normalized spacial score (nSPS) is 30.3. The number of hydrogen-bond donors (Lipinski definition) is 1. The lowest BCUT2D eigenvalue weighted by Gasteiger charge is -2.35. The van der Waals surface area contributed by atoms with Crippen LogP contribution in [0.15, 0.2) is 0 Å². The molecule has 0 spiro atoms. The molecule has 1 fully saturated rings. The van der Waals surface area contributed by atoms with Gasteiger partial charge in [0, 0.05) is 0 Å². The fourth-order valence-corrected chi connectivity index (χ4v) is 1.68. The molecule has 1 aliphatic heterocycles. The molecule has 1 atom stereocenters. The number of hydrogen-bond acceptors (Lipinski definition) is 1. The van der Waals surface area contributed by atoms with Crippen molar-refractivity contribution in [3.05, 3.63) is 7.05 Å². The molecule has 66 valence electrons. The van der Waals surface area contributed by atoms with Gasteiger partial charge in [0.1, 0.15) is 6.10 Å². The van der Waals surface area contributed by atoms with E-state index in [9.17, 15) is 0 Å². The van der Waals surface area contributed by atoms with Crippen LogP contribution >= 0.6 is 0 Å². The first-order valence-electron chi connectivity index (χ1n) is 4.43. The second-order valence-corrected chi connectivity index (χ2v) is 3.92. The Morgan fingerprint density at radius 1 is 1.64 bits per heavy atom. The molecule has 2 heteroatoms. The predicted octanol–water partition coefficient (Wildman–Crippen LogP) is 0.689. The van der Waals surface area contributed by atoms with Gasteiger partial charge in [0.25, 0.3) is 0 Å². The minimum Gasteiger partial charge on any atom is -0.477 e. The maximum atomic E-state index is 5.84. The van der Waals surface area contributed by atoms with E-state index in [1.165, 1.54) is 19.3 Å². The minimum atomic E-state index is 0.103. The van der Waals surface area contributed by atoms with E-state index in [1.807, 2.05) is 5.32 Å². The number of quaternary nitrogens is 1. The summed E-state index contributed by atoms with van der Waals surface area (Å²) in [6.45, 7) is 5.34. The second-order valence-electron chi connectivity index (χ2n) is 3.92. The molecule has 0 saturated carbocycles. The smallest absolute Gasteiger partial charge is 0.105 e. The van der Waals surface area contributed by atoms with Crippen molar-refractivity contribution < 1.29 is 10.1 Å². The zero-order chi connectivity index (χ0) is 8.32. The van der Waals surface area contributed by atoms with Crippen LogP contribution in [0.25, 0.3) is 0 Å². The lowest BCUT2D eigenvalue weighted by atomic mass is 9.95. The molecule has 0 aromatic heterocycles. The summed E-state index contributed by atoms with van der Waals surface area (Å²) in [4.78, 5) is 0. The number of nitrogens with two attached hydrogens (primary N) is 1. The van der Waals surface area contributed by atoms with Crippen molar-refractivity contribution >= 4 is 0 Å². The van der Waals surface area contributed by atoms with Gasteiger partial charge in [0.15, 0.2) is 0 Å². The number of rotatable bonds is 2. The molecule has 1 saturated heterocycles. The summed E-state index contributed by atoms with van der Waals surface area (Å²) in [5.74, 6) is 0. The summed E-state index contributed by atoms with van der Waals surface area (Å²) >= 11 is 0. The molecular formula is C9H19NO.